The first-order chi connectivity index (χ1) is 8.18. The van der Waals surface area contributed by atoms with Gasteiger partial charge in [0.1, 0.15) is 0 Å². The molecule has 2 nitrogen and oxygen atoms in total. The van der Waals surface area contributed by atoms with Crippen LogP contribution in [-0.2, 0) is 0 Å². The molecule has 3 atom stereocenters. The lowest BCUT2D eigenvalue weighted by atomic mass is 9.96. The number of aliphatic hydroxyl groups excluding tert-OH is 1. The lowest BCUT2D eigenvalue weighted by Gasteiger charge is -2.40. The summed E-state index contributed by atoms with van der Waals surface area (Å²) in [4.78, 5) is 2.45. The van der Waals surface area contributed by atoms with Crippen molar-refractivity contribution in [1.29, 1.82) is 0 Å². The van der Waals surface area contributed by atoms with Gasteiger partial charge >= 0.3 is 0 Å². The second-order valence-corrected chi connectivity index (χ2v) is 5.25. The molecule has 1 aliphatic heterocycles. The van der Waals surface area contributed by atoms with E-state index in [-0.39, 0.29) is 6.10 Å². The average Bonchev–Trinajstić information content (AvgIpc) is 2.35. The highest BCUT2D eigenvalue weighted by atomic mass is 16.3. The topological polar surface area (TPSA) is 23.5 Å². The highest BCUT2D eigenvalue weighted by molar-refractivity contribution is 5.17. The van der Waals surface area contributed by atoms with Crippen molar-refractivity contribution in [3.63, 3.8) is 0 Å². The molecule has 94 valence electrons. The van der Waals surface area contributed by atoms with Crippen LogP contribution in [0, 0.1) is 0 Å². The van der Waals surface area contributed by atoms with Gasteiger partial charge in [-0.3, -0.25) is 4.90 Å². The maximum Gasteiger partial charge on any atom is 0.0917 e. The molecule has 1 aromatic carbocycles. The van der Waals surface area contributed by atoms with Crippen LogP contribution in [0.15, 0.2) is 30.3 Å². The number of rotatable bonds is 3. The number of hydrogen-bond donors (Lipinski definition) is 1. The number of β-amino-alcohol motifs (C(OH)–C–C–N with tert-alkyl or cyclic N) is 1. The minimum Gasteiger partial charge on any atom is -0.387 e. The summed E-state index contributed by atoms with van der Waals surface area (Å²) in [7, 11) is 0. The summed E-state index contributed by atoms with van der Waals surface area (Å²) in [6, 6.07) is 11.2. The molecule has 1 aromatic rings. The van der Waals surface area contributed by atoms with Crippen LogP contribution in [0.2, 0.25) is 0 Å². The van der Waals surface area contributed by atoms with Crippen LogP contribution in [-0.4, -0.2) is 28.6 Å². The zero-order valence-corrected chi connectivity index (χ0v) is 10.8. The second-order valence-electron chi connectivity index (χ2n) is 5.25. The average molecular weight is 233 g/mol. The fourth-order valence-electron chi connectivity index (χ4n) is 2.81. The van der Waals surface area contributed by atoms with E-state index in [0.717, 1.165) is 12.1 Å². The van der Waals surface area contributed by atoms with Crippen LogP contribution in [0.25, 0.3) is 0 Å². The minimum atomic E-state index is -0.362. The Labute approximate surface area is 104 Å². The fraction of sp³-hybridized carbons (Fsp3) is 0.600. The molecule has 0 bridgehead atoms. The highest BCUT2D eigenvalue weighted by Crippen LogP contribution is 2.25. The molecule has 1 aliphatic rings. The number of nitrogens with zero attached hydrogens (tertiary/aromatic N) is 1. The van der Waals surface area contributed by atoms with Gasteiger partial charge in [0, 0.05) is 18.6 Å². The predicted octanol–water partition coefficient (Wildman–Crippen LogP) is 2.98. The Morgan fingerprint density at radius 1 is 1.18 bits per heavy atom. The van der Waals surface area contributed by atoms with Crippen molar-refractivity contribution in [2.24, 2.45) is 0 Å². The van der Waals surface area contributed by atoms with Gasteiger partial charge in [-0.05, 0) is 32.3 Å². The minimum absolute atomic E-state index is 0.362. The van der Waals surface area contributed by atoms with Crippen molar-refractivity contribution < 1.29 is 5.11 Å². The van der Waals surface area contributed by atoms with Crippen LogP contribution in [0.4, 0.5) is 0 Å². The maximum absolute atomic E-state index is 10.3. The van der Waals surface area contributed by atoms with E-state index in [1.807, 2.05) is 30.3 Å². The summed E-state index contributed by atoms with van der Waals surface area (Å²) in [6.45, 7) is 5.30. The summed E-state index contributed by atoms with van der Waals surface area (Å²) in [5, 5.41) is 10.3. The van der Waals surface area contributed by atoms with Gasteiger partial charge in [0.05, 0.1) is 6.10 Å². The monoisotopic (exact) mass is 233 g/mol. The van der Waals surface area contributed by atoms with Gasteiger partial charge in [-0.25, -0.2) is 0 Å². The summed E-state index contributed by atoms with van der Waals surface area (Å²) in [6.07, 6.45) is 3.47. The molecule has 17 heavy (non-hydrogen) atoms. The quantitative estimate of drug-likeness (QED) is 0.867. The Hall–Kier alpha value is -0.860. The molecule has 1 fully saturated rings. The van der Waals surface area contributed by atoms with E-state index in [1.54, 1.807) is 0 Å². The maximum atomic E-state index is 10.3. The Bertz CT molecular complexity index is 328. The van der Waals surface area contributed by atoms with E-state index < -0.39 is 0 Å². The summed E-state index contributed by atoms with van der Waals surface area (Å²) in [5.74, 6) is 0. The third-order valence-corrected chi connectivity index (χ3v) is 3.94. The predicted molar refractivity (Wildman–Crippen MR) is 70.9 cm³/mol. The Kier molecular flexibility index (Phi) is 4.19. The fourth-order valence-corrected chi connectivity index (χ4v) is 2.81. The lowest BCUT2D eigenvalue weighted by molar-refractivity contribution is 0.0412. The Morgan fingerprint density at radius 3 is 2.35 bits per heavy atom. The number of likely N-dealkylation sites (tertiary alicyclic amines) is 1. The van der Waals surface area contributed by atoms with E-state index in [4.69, 9.17) is 0 Å². The van der Waals surface area contributed by atoms with Crippen LogP contribution < -0.4 is 0 Å². The molecule has 1 heterocycles. The molecule has 0 spiro atoms. The van der Waals surface area contributed by atoms with Crippen LogP contribution in [0.3, 0.4) is 0 Å². The molecule has 2 rings (SSSR count). The summed E-state index contributed by atoms with van der Waals surface area (Å²) >= 11 is 0. The Morgan fingerprint density at radius 2 is 1.76 bits per heavy atom. The first kappa shape index (κ1) is 12.6. The highest BCUT2D eigenvalue weighted by Gasteiger charge is 2.26. The standard InChI is InChI=1S/C15H23NO/c1-12-7-6-8-13(2)16(12)11-15(17)14-9-4-3-5-10-14/h3-5,9-10,12-13,15,17H,6-8,11H2,1-2H3/t12-,13+,15-/m1/s1. The van der Waals surface area contributed by atoms with E-state index in [1.165, 1.54) is 19.3 Å². The van der Waals surface area contributed by atoms with Crippen molar-refractivity contribution in [1.82, 2.24) is 4.90 Å². The first-order valence-corrected chi connectivity index (χ1v) is 6.67. The van der Waals surface area contributed by atoms with Gasteiger partial charge < -0.3 is 5.11 Å². The van der Waals surface area contributed by atoms with Crippen LogP contribution in [0.5, 0.6) is 0 Å². The zero-order chi connectivity index (χ0) is 12.3. The molecule has 0 unspecified atom stereocenters. The molecule has 0 aliphatic carbocycles. The largest absolute Gasteiger partial charge is 0.387 e. The molecule has 1 N–H and O–H groups in total. The summed E-state index contributed by atoms with van der Waals surface area (Å²) < 4.78 is 0. The van der Waals surface area contributed by atoms with Gasteiger partial charge in [0.15, 0.2) is 0 Å². The molecular formula is C15H23NO. The van der Waals surface area contributed by atoms with E-state index in [9.17, 15) is 5.11 Å². The van der Waals surface area contributed by atoms with Crippen molar-refractivity contribution >= 4 is 0 Å². The molecule has 0 aromatic heterocycles. The van der Waals surface area contributed by atoms with E-state index in [0.29, 0.717) is 12.1 Å². The number of aliphatic hydroxyl groups is 1. The lowest BCUT2D eigenvalue weighted by Crippen LogP contribution is -2.45. The smallest absolute Gasteiger partial charge is 0.0917 e. The van der Waals surface area contributed by atoms with E-state index in [2.05, 4.69) is 18.7 Å². The normalized spacial score (nSPS) is 27.9. The second kappa shape index (κ2) is 5.65. The van der Waals surface area contributed by atoms with Crippen LogP contribution in [0.1, 0.15) is 44.8 Å². The molecule has 0 amide bonds. The SMILES string of the molecule is C[C@@H]1CCC[C@H](C)N1C[C@@H](O)c1ccccc1. The van der Waals surface area contributed by atoms with Crippen molar-refractivity contribution in [2.45, 2.75) is 51.3 Å². The number of piperidine rings is 1. The molecule has 1 saturated heterocycles. The van der Waals surface area contributed by atoms with Crippen LogP contribution >= 0.6 is 0 Å². The zero-order valence-electron chi connectivity index (χ0n) is 10.8. The van der Waals surface area contributed by atoms with Crippen molar-refractivity contribution in [3.05, 3.63) is 35.9 Å². The third kappa shape index (κ3) is 3.08. The Balaban J connectivity index is 2.00. The number of hydrogen-bond acceptors (Lipinski definition) is 2. The molecule has 0 saturated carbocycles. The van der Waals surface area contributed by atoms with Crippen molar-refractivity contribution in [3.8, 4) is 0 Å². The van der Waals surface area contributed by atoms with Gasteiger partial charge in [0.2, 0.25) is 0 Å². The van der Waals surface area contributed by atoms with Crippen molar-refractivity contribution in [2.75, 3.05) is 6.54 Å². The molecule has 2 heteroatoms. The molecule has 0 radical (unpaired) electrons. The number of benzene rings is 1. The molecular weight excluding hydrogens is 210 g/mol. The van der Waals surface area contributed by atoms with E-state index >= 15 is 0 Å². The van der Waals surface area contributed by atoms with Gasteiger partial charge in [-0.1, -0.05) is 36.8 Å². The van der Waals surface area contributed by atoms with Gasteiger partial charge in [0.25, 0.3) is 0 Å². The third-order valence-electron chi connectivity index (χ3n) is 3.94. The first-order valence-electron chi connectivity index (χ1n) is 6.67. The van der Waals surface area contributed by atoms with Gasteiger partial charge in [-0.2, -0.15) is 0 Å². The summed E-state index contributed by atoms with van der Waals surface area (Å²) in [5.41, 5.74) is 1.03. The van der Waals surface area contributed by atoms with Gasteiger partial charge in [-0.15, -0.1) is 0 Å².